The molecule has 1 aromatic carbocycles. The molecule has 0 atom stereocenters. The molecule has 4 rings (SSSR count). The molecule has 1 aliphatic heterocycles. The Kier molecular flexibility index (Phi) is 6.08. The summed E-state index contributed by atoms with van der Waals surface area (Å²) in [6, 6.07) is 5.06. The van der Waals surface area contributed by atoms with Crippen molar-refractivity contribution >= 4 is 5.91 Å². The van der Waals surface area contributed by atoms with Gasteiger partial charge in [0, 0.05) is 45.6 Å². The summed E-state index contributed by atoms with van der Waals surface area (Å²) in [6.07, 6.45) is -0.990. The lowest BCUT2D eigenvalue weighted by Crippen LogP contribution is -2.49. The lowest BCUT2D eigenvalue weighted by atomic mass is 10.1. The fraction of sp³-hybridized carbons (Fsp3) is 0.571. The summed E-state index contributed by atoms with van der Waals surface area (Å²) in [5, 5.41) is 7.84. The maximum absolute atomic E-state index is 12.8. The molecule has 2 heterocycles. The number of carbonyl (C=O) groups is 1. The molecule has 2 aromatic rings. The van der Waals surface area contributed by atoms with Crippen LogP contribution in [0.15, 0.2) is 28.7 Å². The van der Waals surface area contributed by atoms with E-state index in [0.717, 1.165) is 50.8 Å². The van der Waals surface area contributed by atoms with Crippen molar-refractivity contribution in [1.82, 2.24) is 20.0 Å². The maximum Gasteiger partial charge on any atom is 0.416 e. The van der Waals surface area contributed by atoms with Gasteiger partial charge in [-0.05, 0) is 30.4 Å². The summed E-state index contributed by atoms with van der Waals surface area (Å²) in [7, 11) is 0. The van der Waals surface area contributed by atoms with Gasteiger partial charge < -0.3 is 9.32 Å². The summed E-state index contributed by atoms with van der Waals surface area (Å²) >= 11 is 0. The fourth-order valence-electron chi connectivity index (χ4n) is 3.71. The summed E-state index contributed by atoms with van der Waals surface area (Å²) in [5.41, 5.74) is -0.261. The van der Waals surface area contributed by atoms with Crippen molar-refractivity contribution in [1.29, 1.82) is 0 Å². The van der Waals surface area contributed by atoms with E-state index in [1.807, 2.05) is 4.90 Å². The Labute approximate surface area is 173 Å². The highest BCUT2D eigenvalue weighted by molar-refractivity contribution is 5.76. The Morgan fingerprint density at radius 3 is 2.53 bits per heavy atom. The van der Waals surface area contributed by atoms with Gasteiger partial charge in [-0.1, -0.05) is 18.2 Å². The van der Waals surface area contributed by atoms with Crippen LogP contribution in [0.3, 0.4) is 0 Å². The van der Waals surface area contributed by atoms with E-state index < -0.39 is 11.7 Å². The van der Waals surface area contributed by atoms with Gasteiger partial charge >= 0.3 is 6.18 Å². The number of aromatic nitrogens is 2. The minimum Gasteiger partial charge on any atom is -0.425 e. The number of carbonyl (C=O) groups excluding carboxylic acids is 1. The van der Waals surface area contributed by atoms with Crippen LogP contribution >= 0.6 is 0 Å². The van der Waals surface area contributed by atoms with Crippen molar-refractivity contribution in [3.05, 3.63) is 47.2 Å². The average Bonchev–Trinajstić information content (AvgIpc) is 3.42. The molecule has 0 spiro atoms. The van der Waals surface area contributed by atoms with Gasteiger partial charge in [-0.25, -0.2) is 0 Å². The van der Waals surface area contributed by atoms with Gasteiger partial charge in [-0.15, -0.1) is 10.2 Å². The van der Waals surface area contributed by atoms with E-state index in [4.69, 9.17) is 4.42 Å². The molecule has 1 amide bonds. The summed E-state index contributed by atoms with van der Waals surface area (Å²) < 4.78 is 44.0. The fourth-order valence-corrected chi connectivity index (χ4v) is 3.71. The van der Waals surface area contributed by atoms with Gasteiger partial charge in [0.25, 0.3) is 0 Å². The van der Waals surface area contributed by atoms with Gasteiger partial charge in [0.15, 0.2) is 0 Å². The first-order valence-corrected chi connectivity index (χ1v) is 10.3. The van der Waals surface area contributed by atoms with E-state index in [0.29, 0.717) is 17.9 Å². The monoisotopic (exact) mass is 422 g/mol. The number of piperazine rings is 1. The van der Waals surface area contributed by atoms with Crippen LogP contribution in [0.5, 0.6) is 0 Å². The van der Waals surface area contributed by atoms with E-state index in [-0.39, 0.29) is 24.6 Å². The Bertz CT molecular complexity index is 871. The van der Waals surface area contributed by atoms with Crippen molar-refractivity contribution in [3.63, 3.8) is 0 Å². The number of rotatable bonds is 7. The molecular formula is C21H25F3N4O2. The largest absolute Gasteiger partial charge is 0.425 e. The normalized spacial score (nSPS) is 18.0. The third kappa shape index (κ3) is 5.59. The Morgan fingerprint density at radius 2 is 1.83 bits per heavy atom. The second-order valence-corrected chi connectivity index (χ2v) is 8.09. The first-order valence-electron chi connectivity index (χ1n) is 10.3. The number of benzene rings is 1. The SMILES string of the molecule is O=C(CCc1nnc(Cc2cccc(C(F)(F)F)c2)o1)N1CCN(CC2CC2)CC1. The zero-order valence-corrected chi connectivity index (χ0v) is 16.7. The number of halogens is 3. The molecule has 0 N–H and O–H groups in total. The molecule has 30 heavy (non-hydrogen) atoms. The second-order valence-electron chi connectivity index (χ2n) is 8.09. The molecule has 162 valence electrons. The number of amides is 1. The van der Waals surface area contributed by atoms with Crippen LogP contribution in [0.2, 0.25) is 0 Å². The highest BCUT2D eigenvalue weighted by Gasteiger charge is 2.30. The smallest absolute Gasteiger partial charge is 0.416 e. The molecule has 1 saturated carbocycles. The van der Waals surface area contributed by atoms with E-state index in [1.165, 1.54) is 18.9 Å². The first kappa shape index (κ1) is 20.8. The number of aryl methyl sites for hydroxylation is 1. The van der Waals surface area contributed by atoms with E-state index in [1.54, 1.807) is 6.07 Å². The molecule has 6 nitrogen and oxygen atoms in total. The molecule has 2 aliphatic rings. The zero-order valence-electron chi connectivity index (χ0n) is 16.7. The minimum atomic E-state index is -4.39. The number of nitrogens with zero attached hydrogens (tertiary/aromatic N) is 4. The lowest BCUT2D eigenvalue weighted by molar-refractivity contribution is -0.137. The Hall–Kier alpha value is -2.42. The van der Waals surface area contributed by atoms with Crippen molar-refractivity contribution in [2.75, 3.05) is 32.7 Å². The highest BCUT2D eigenvalue weighted by atomic mass is 19.4. The Morgan fingerprint density at radius 1 is 1.10 bits per heavy atom. The molecule has 0 unspecified atom stereocenters. The number of hydrogen-bond donors (Lipinski definition) is 0. The van der Waals surface area contributed by atoms with Crippen molar-refractivity contribution in [3.8, 4) is 0 Å². The lowest BCUT2D eigenvalue weighted by Gasteiger charge is -2.34. The van der Waals surface area contributed by atoms with Crippen LogP contribution in [0.25, 0.3) is 0 Å². The van der Waals surface area contributed by atoms with Gasteiger partial charge in [0.2, 0.25) is 17.7 Å². The maximum atomic E-state index is 12.8. The highest BCUT2D eigenvalue weighted by Crippen LogP contribution is 2.30. The Balaban J connectivity index is 1.24. The van der Waals surface area contributed by atoms with Crippen LogP contribution in [0.4, 0.5) is 13.2 Å². The quantitative estimate of drug-likeness (QED) is 0.686. The van der Waals surface area contributed by atoms with Gasteiger partial charge in [-0.2, -0.15) is 13.2 Å². The molecule has 2 fully saturated rings. The molecular weight excluding hydrogens is 397 g/mol. The zero-order chi connectivity index (χ0) is 21.1. The molecule has 9 heteroatoms. The van der Waals surface area contributed by atoms with Gasteiger partial charge in [0.05, 0.1) is 12.0 Å². The van der Waals surface area contributed by atoms with E-state index in [9.17, 15) is 18.0 Å². The van der Waals surface area contributed by atoms with Crippen molar-refractivity contribution < 1.29 is 22.4 Å². The van der Waals surface area contributed by atoms with Crippen LogP contribution in [0.1, 0.15) is 42.2 Å². The standard InChI is InChI=1S/C21H25F3N4O2/c22-21(23,24)17-3-1-2-16(12-17)13-19-26-25-18(30-19)6-7-20(29)28-10-8-27(9-11-28)14-15-4-5-15/h1-3,12,15H,4-11,13-14H2. The summed E-state index contributed by atoms with van der Waals surface area (Å²) in [5.74, 6) is 1.50. The molecule has 1 aliphatic carbocycles. The predicted molar refractivity (Wildman–Crippen MR) is 103 cm³/mol. The topological polar surface area (TPSA) is 62.5 Å². The number of alkyl halides is 3. The van der Waals surface area contributed by atoms with Crippen LogP contribution < -0.4 is 0 Å². The van der Waals surface area contributed by atoms with Crippen molar-refractivity contribution in [2.45, 2.75) is 38.3 Å². The van der Waals surface area contributed by atoms with E-state index >= 15 is 0 Å². The minimum absolute atomic E-state index is 0.0682. The molecule has 1 aromatic heterocycles. The third-order valence-corrected chi connectivity index (χ3v) is 5.61. The van der Waals surface area contributed by atoms with Crippen LogP contribution in [-0.2, 0) is 23.8 Å². The molecule has 0 bridgehead atoms. The second kappa shape index (κ2) is 8.75. The summed E-state index contributed by atoms with van der Waals surface area (Å²) in [6.45, 7) is 4.49. The summed E-state index contributed by atoms with van der Waals surface area (Å²) in [4.78, 5) is 16.8. The van der Waals surface area contributed by atoms with Crippen LogP contribution in [0, 0.1) is 5.92 Å². The van der Waals surface area contributed by atoms with Gasteiger partial charge in [-0.3, -0.25) is 9.69 Å². The molecule has 0 radical (unpaired) electrons. The van der Waals surface area contributed by atoms with E-state index in [2.05, 4.69) is 15.1 Å². The third-order valence-electron chi connectivity index (χ3n) is 5.61. The average molecular weight is 422 g/mol. The predicted octanol–water partition coefficient (Wildman–Crippen LogP) is 3.17. The van der Waals surface area contributed by atoms with Gasteiger partial charge in [0.1, 0.15) is 0 Å². The van der Waals surface area contributed by atoms with Crippen LogP contribution in [-0.4, -0.2) is 58.6 Å². The first-order chi connectivity index (χ1) is 14.4. The van der Waals surface area contributed by atoms with Crippen molar-refractivity contribution in [2.24, 2.45) is 5.92 Å². The molecule has 1 saturated heterocycles. The number of hydrogen-bond acceptors (Lipinski definition) is 5.